The van der Waals surface area contributed by atoms with Crippen molar-refractivity contribution in [3.63, 3.8) is 0 Å². The number of aliphatic hydroxyl groups excluding tert-OH is 1. The Hall–Kier alpha value is 1.56. The summed E-state index contributed by atoms with van der Waals surface area (Å²) in [5.41, 5.74) is 0. The molecule has 0 rings (SSSR count). The zero-order valence-corrected chi connectivity index (χ0v) is 7.46. The summed E-state index contributed by atoms with van der Waals surface area (Å²) in [5.74, 6) is 0. The molecule has 0 amide bonds. The van der Waals surface area contributed by atoms with Crippen LogP contribution in [0.15, 0.2) is 0 Å². The number of halogens is 4. The molecule has 0 aromatic rings. The Morgan fingerprint density at radius 3 is 1.57 bits per heavy atom. The van der Waals surface area contributed by atoms with Crippen molar-refractivity contribution < 1.29 is 5.11 Å². The SMILES string of the molecule is OC(I)C(Cl)(Cl)Cl. The van der Waals surface area contributed by atoms with E-state index in [0.717, 1.165) is 0 Å². The highest BCUT2D eigenvalue weighted by atomic mass is 127. The molecule has 0 aliphatic rings. The molecular weight excluding hydrogens is 273 g/mol. The summed E-state index contributed by atoms with van der Waals surface area (Å²) in [7, 11) is 0. The van der Waals surface area contributed by atoms with Crippen LogP contribution in [0.4, 0.5) is 0 Å². The van der Waals surface area contributed by atoms with Gasteiger partial charge < -0.3 is 5.11 Å². The van der Waals surface area contributed by atoms with Crippen LogP contribution >= 0.6 is 57.4 Å². The van der Waals surface area contributed by atoms with Gasteiger partial charge in [-0.2, -0.15) is 0 Å². The van der Waals surface area contributed by atoms with Gasteiger partial charge in [0.15, 0.2) is 4.11 Å². The van der Waals surface area contributed by atoms with Crippen molar-refractivity contribution in [2.45, 2.75) is 7.90 Å². The molecule has 0 aliphatic carbocycles. The summed E-state index contributed by atoms with van der Waals surface area (Å²) in [6.07, 6.45) is 0. The Morgan fingerprint density at radius 1 is 1.43 bits per heavy atom. The van der Waals surface area contributed by atoms with Gasteiger partial charge in [-0.1, -0.05) is 34.8 Å². The zero-order chi connectivity index (χ0) is 6.08. The lowest BCUT2D eigenvalue weighted by molar-refractivity contribution is 0.284. The molecule has 1 nitrogen and oxygen atoms in total. The highest BCUT2D eigenvalue weighted by Crippen LogP contribution is 2.33. The van der Waals surface area contributed by atoms with Crippen molar-refractivity contribution in [3.8, 4) is 0 Å². The minimum absolute atomic E-state index is 0.935. The summed E-state index contributed by atoms with van der Waals surface area (Å²) < 4.78 is -2.48. The van der Waals surface area contributed by atoms with Gasteiger partial charge in [-0.25, -0.2) is 0 Å². The maximum atomic E-state index is 8.48. The van der Waals surface area contributed by atoms with Gasteiger partial charge in [-0.15, -0.1) is 0 Å². The van der Waals surface area contributed by atoms with Gasteiger partial charge in [0.25, 0.3) is 0 Å². The lowest BCUT2D eigenvalue weighted by Gasteiger charge is -2.10. The normalized spacial score (nSPS) is 16.7. The second-order valence-electron chi connectivity index (χ2n) is 0.877. The van der Waals surface area contributed by atoms with Crippen LogP contribution in [0, 0.1) is 0 Å². The molecule has 44 valence electrons. The first-order chi connectivity index (χ1) is 2.94. The number of alkyl halides is 4. The first kappa shape index (κ1) is 8.56. The molecule has 1 N–H and O–H groups in total. The van der Waals surface area contributed by atoms with Gasteiger partial charge in [0.1, 0.15) is 0 Å². The smallest absolute Gasteiger partial charge is 0.225 e. The van der Waals surface area contributed by atoms with E-state index in [9.17, 15) is 0 Å². The number of rotatable bonds is 0. The summed E-state index contributed by atoms with van der Waals surface area (Å²) >= 11 is 17.0. The lowest BCUT2D eigenvalue weighted by atomic mass is 10.8. The molecule has 0 spiro atoms. The third-order valence-corrected chi connectivity index (χ3v) is 2.93. The Balaban J connectivity index is 3.54. The van der Waals surface area contributed by atoms with Crippen LogP contribution < -0.4 is 0 Å². The van der Waals surface area contributed by atoms with E-state index in [1.165, 1.54) is 0 Å². The lowest BCUT2D eigenvalue weighted by Crippen LogP contribution is -2.16. The Kier molecular flexibility index (Phi) is 3.57. The largest absolute Gasteiger partial charge is 0.378 e. The highest BCUT2D eigenvalue weighted by molar-refractivity contribution is 14.1. The minimum atomic E-state index is -1.54. The van der Waals surface area contributed by atoms with Crippen molar-refractivity contribution in [1.82, 2.24) is 0 Å². The van der Waals surface area contributed by atoms with E-state index >= 15 is 0 Å². The average molecular weight is 275 g/mol. The standard InChI is InChI=1S/C2H2Cl3IO/c3-2(4,5)1(6)7/h1,7H. The van der Waals surface area contributed by atoms with E-state index in [0.29, 0.717) is 0 Å². The predicted molar refractivity (Wildman–Crippen MR) is 40.3 cm³/mol. The molecule has 0 bridgehead atoms. The maximum absolute atomic E-state index is 8.48. The fourth-order valence-electron chi connectivity index (χ4n) is 0. The average Bonchev–Trinajstić information content (AvgIpc) is 1.31. The molecule has 0 heterocycles. The molecular formula is C2H2Cl3IO. The quantitative estimate of drug-likeness (QED) is 0.530. The monoisotopic (exact) mass is 274 g/mol. The van der Waals surface area contributed by atoms with Crippen molar-refractivity contribution in [2.24, 2.45) is 0 Å². The molecule has 1 unspecified atom stereocenters. The van der Waals surface area contributed by atoms with Gasteiger partial charge in [0, 0.05) is 0 Å². The molecule has 0 saturated carbocycles. The van der Waals surface area contributed by atoms with Crippen molar-refractivity contribution in [2.75, 3.05) is 0 Å². The fraction of sp³-hybridized carbons (Fsp3) is 1.00. The van der Waals surface area contributed by atoms with Crippen LogP contribution in [-0.2, 0) is 0 Å². The van der Waals surface area contributed by atoms with Crippen LogP contribution in [0.25, 0.3) is 0 Å². The van der Waals surface area contributed by atoms with Gasteiger partial charge in [0.05, 0.1) is 0 Å². The first-order valence-electron chi connectivity index (χ1n) is 1.33. The van der Waals surface area contributed by atoms with Crippen molar-refractivity contribution >= 4 is 57.4 Å². The fourth-order valence-corrected chi connectivity index (χ4v) is 0. The maximum Gasteiger partial charge on any atom is 0.225 e. The number of hydrogen-bond donors (Lipinski definition) is 1. The Morgan fingerprint density at radius 2 is 1.57 bits per heavy atom. The topological polar surface area (TPSA) is 20.2 Å². The molecule has 5 heteroatoms. The molecule has 0 aliphatic heterocycles. The van der Waals surface area contributed by atoms with E-state index < -0.39 is 7.90 Å². The van der Waals surface area contributed by atoms with Crippen LogP contribution in [0.3, 0.4) is 0 Å². The summed E-state index contributed by atoms with van der Waals surface area (Å²) in [6, 6.07) is 0. The molecule has 0 saturated heterocycles. The third-order valence-electron chi connectivity index (χ3n) is 0.270. The van der Waals surface area contributed by atoms with Crippen molar-refractivity contribution in [1.29, 1.82) is 0 Å². The summed E-state index contributed by atoms with van der Waals surface area (Å²) in [6.45, 7) is 0. The van der Waals surface area contributed by atoms with Crippen LogP contribution in [0.2, 0.25) is 0 Å². The van der Waals surface area contributed by atoms with Gasteiger partial charge in [-0.05, 0) is 22.6 Å². The van der Waals surface area contributed by atoms with E-state index in [2.05, 4.69) is 0 Å². The second-order valence-corrected chi connectivity index (χ2v) is 4.43. The number of hydrogen-bond acceptors (Lipinski definition) is 1. The van der Waals surface area contributed by atoms with Crippen LogP contribution in [0.5, 0.6) is 0 Å². The zero-order valence-electron chi connectivity index (χ0n) is 3.04. The van der Waals surface area contributed by atoms with Gasteiger partial charge in [-0.3, -0.25) is 0 Å². The van der Waals surface area contributed by atoms with Crippen LogP contribution in [0.1, 0.15) is 0 Å². The van der Waals surface area contributed by atoms with E-state index in [4.69, 9.17) is 39.9 Å². The molecule has 1 atom stereocenters. The highest BCUT2D eigenvalue weighted by Gasteiger charge is 2.27. The molecule has 7 heavy (non-hydrogen) atoms. The summed E-state index contributed by atoms with van der Waals surface area (Å²) in [4.78, 5) is 0. The van der Waals surface area contributed by atoms with Crippen LogP contribution in [-0.4, -0.2) is 13.0 Å². The molecule has 0 aromatic carbocycles. The summed E-state index contributed by atoms with van der Waals surface area (Å²) in [5, 5.41) is 8.48. The minimum Gasteiger partial charge on any atom is -0.378 e. The Labute approximate surface area is 70.1 Å². The number of aliphatic hydroxyl groups is 1. The Bertz CT molecular complexity index is 58.4. The molecule has 0 fully saturated rings. The van der Waals surface area contributed by atoms with Gasteiger partial charge >= 0.3 is 0 Å². The molecule has 0 aromatic heterocycles. The second kappa shape index (κ2) is 2.92. The molecule has 0 radical (unpaired) electrons. The first-order valence-corrected chi connectivity index (χ1v) is 3.71. The van der Waals surface area contributed by atoms with E-state index in [1.54, 1.807) is 22.6 Å². The van der Waals surface area contributed by atoms with E-state index in [-0.39, 0.29) is 0 Å². The third kappa shape index (κ3) is 4.09. The van der Waals surface area contributed by atoms with Gasteiger partial charge in [0.2, 0.25) is 3.79 Å². The predicted octanol–water partition coefficient (Wildman–Crippen LogP) is 2.11. The van der Waals surface area contributed by atoms with E-state index in [1.807, 2.05) is 0 Å². The van der Waals surface area contributed by atoms with Crippen molar-refractivity contribution in [3.05, 3.63) is 0 Å².